The average Bonchev–Trinajstić information content (AvgIpc) is 3.55. The van der Waals surface area contributed by atoms with E-state index in [1.54, 1.807) is 18.4 Å². The van der Waals surface area contributed by atoms with E-state index in [0.29, 0.717) is 6.61 Å². The van der Waals surface area contributed by atoms with E-state index < -0.39 is 0 Å². The van der Waals surface area contributed by atoms with E-state index in [0.717, 1.165) is 46.9 Å². The number of ether oxygens (including phenoxy) is 2. The summed E-state index contributed by atoms with van der Waals surface area (Å²) >= 11 is 1.67. The van der Waals surface area contributed by atoms with E-state index in [2.05, 4.69) is 49.8 Å². The molecule has 0 aliphatic heterocycles. The highest BCUT2D eigenvalue weighted by atomic mass is 32.1. The zero-order valence-corrected chi connectivity index (χ0v) is 20.7. The van der Waals surface area contributed by atoms with Crippen LogP contribution >= 0.6 is 11.3 Å². The maximum Gasteiger partial charge on any atom is 0.190 e. The number of aryl methyl sites for hydroxylation is 1. The fourth-order valence-corrected chi connectivity index (χ4v) is 5.06. The Bertz CT molecular complexity index is 1470. The van der Waals surface area contributed by atoms with Gasteiger partial charge < -0.3 is 18.6 Å². The highest BCUT2D eigenvalue weighted by Crippen LogP contribution is 2.28. The van der Waals surface area contributed by atoms with Gasteiger partial charge in [0.05, 0.1) is 31.4 Å². The fourth-order valence-electron chi connectivity index (χ4n) is 4.10. The molecular formula is C28H28N4O2S. The van der Waals surface area contributed by atoms with Crippen molar-refractivity contribution in [3.63, 3.8) is 0 Å². The molecule has 0 N–H and O–H groups in total. The van der Waals surface area contributed by atoms with E-state index >= 15 is 0 Å². The third-order valence-corrected chi connectivity index (χ3v) is 6.73. The molecule has 0 atom stereocenters. The van der Waals surface area contributed by atoms with Crippen molar-refractivity contribution in [2.24, 2.45) is 4.99 Å². The van der Waals surface area contributed by atoms with Crippen LogP contribution in [0.5, 0.6) is 11.5 Å². The van der Waals surface area contributed by atoms with Gasteiger partial charge in [-0.1, -0.05) is 18.2 Å². The molecule has 0 saturated carbocycles. The second-order valence-electron chi connectivity index (χ2n) is 8.18. The number of thiazole rings is 1. The molecule has 0 amide bonds. The zero-order valence-electron chi connectivity index (χ0n) is 19.9. The Hall–Kier alpha value is -3.84. The quantitative estimate of drug-likeness (QED) is 0.247. The minimum Gasteiger partial charge on any atom is -0.497 e. The summed E-state index contributed by atoms with van der Waals surface area (Å²) in [7, 11) is 1.70. The molecule has 0 aliphatic rings. The summed E-state index contributed by atoms with van der Waals surface area (Å²) in [6.45, 7) is 4.40. The minimum atomic E-state index is 0.653. The smallest absolute Gasteiger partial charge is 0.190 e. The molecule has 7 heteroatoms. The molecule has 3 aromatic carbocycles. The molecular weight excluding hydrogens is 456 g/mol. The summed E-state index contributed by atoms with van der Waals surface area (Å²) in [5, 5.41) is 4.55. The van der Waals surface area contributed by atoms with Gasteiger partial charge in [-0.3, -0.25) is 0 Å². The Morgan fingerprint density at radius 3 is 2.51 bits per heavy atom. The number of benzene rings is 3. The van der Waals surface area contributed by atoms with Crippen molar-refractivity contribution in [2.45, 2.75) is 26.4 Å². The number of methoxy groups -OCH3 is 1. The summed E-state index contributed by atoms with van der Waals surface area (Å²) in [4.78, 5) is 10.1. The topological polar surface area (TPSA) is 53.6 Å². The molecule has 5 rings (SSSR count). The minimum absolute atomic E-state index is 0.653. The monoisotopic (exact) mass is 484 g/mol. The normalized spacial score (nSPS) is 11.8. The van der Waals surface area contributed by atoms with Crippen molar-refractivity contribution >= 4 is 27.8 Å². The molecule has 0 unspecified atom stereocenters. The molecule has 178 valence electrons. The van der Waals surface area contributed by atoms with E-state index in [1.165, 1.54) is 16.6 Å². The van der Waals surface area contributed by atoms with Gasteiger partial charge in [-0.25, -0.2) is 9.98 Å². The van der Waals surface area contributed by atoms with Crippen LogP contribution in [0.15, 0.2) is 89.8 Å². The van der Waals surface area contributed by atoms with Gasteiger partial charge >= 0.3 is 0 Å². The molecule has 0 aliphatic carbocycles. The Kier molecular flexibility index (Phi) is 6.95. The second kappa shape index (κ2) is 10.6. The average molecular weight is 485 g/mol. The molecule has 5 aromatic rings. The van der Waals surface area contributed by atoms with E-state index in [4.69, 9.17) is 14.5 Å². The lowest BCUT2D eigenvalue weighted by Gasteiger charge is -2.11. The molecule has 6 nitrogen and oxygen atoms in total. The van der Waals surface area contributed by atoms with E-state index in [9.17, 15) is 0 Å². The van der Waals surface area contributed by atoms with Crippen molar-refractivity contribution in [3.8, 4) is 22.8 Å². The predicted octanol–water partition coefficient (Wildman–Crippen LogP) is 6.30. The maximum absolute atomic E-state index is 5.58. The number of fused-ring (bicyclic) bond motifs is 1. The standard InChI is InChI=1S/C28H28N4O2S/c1-3-34-25-11-8-24(9-12-25)30-28-32(15-4-14-31-16-13-29-20-31)27(19-35-28)23-6-5-22-18-26(33-2)10-7-21(22)17-23/h5-13,16-20H,3-4,14-15H2,1-2H3. The third kappa shape index (κ3) is 5.30. The summed E-state index contributed by atoms with van der Waals surface area (Å²) in [6.07, 6.45) is 6.66. The van der Waals surface area contributed by atoms with Crippen LogP contribution in [0.25, 0.3) is 22.0 Å². The van der Waals surface area contributed by atoms with Crippen molar-refractivity contribution in [1.29, 1.82) is 0 Å². The van der Waals surface area contributed by atoms with Crippen LogP contribution in [-0.2, 0) is 13.1 Å². The molecule has 35 heavy (non-hydrogen) atoms. The van der Waals surface area contributed by atoms with Crippen LogP contribution in [0.2, 0.25) is 0 Å². The number of nitrogens with zero attached hydrogens (tertiary/aromatic N) is 4. The van der Waals surface area contributed by atoms with Crippen LogP contribution in [0, 0.1) is 0 Å². The summed E-state index contributed by atoms with van der Waals surface area (Å²) in [6, 6.07) is 20.7. The molecule has 0 saturated heterocycles. The highest BCUT2D eigenvalue weighted by Gasteiger charge is 2.10. The molecule has 0 fully saturated rings. The largest absolute Gasteiger partial charge is 0.497 e. The first kappa shape index (κ1) is 22.9. The van der Waals surface area contributed by atoms with Gasteiger partial charge in [0.2, 0.25) is 0 Å². The lowest BCUT2D eigenvalue weighted by atomic mass is 10.0. The summed E-state index contributed by atoms with van der Waals surface area (Å²) < 4.78 is 15.4. The van der Waals surface area contributed by atoms with Crippen LogP contribution < -0.4 is 14.3 Å². The first-order chi connectivity index (χ1) is 17.2. The van der Waals surface area contributed by atoms with Crippen molar-refractivity contribution in [1.82, 2.24) is 14.1 Å². The SMILES string of the molecule is CCOc1ccc(N=c2scc(-c3ccc4cc(OC)ccc4c3)n2CCCn2ccnc2)cc1. The molecule has 2 heterocycles. The lowest BCUT2D eigenvalue weighted by Crippen LogP contribution is -2.17. The van der Waals surface area contributed by atoms with Crippen LogP contribution in [0.3, 0.4) is 0 Å². The van der Waals surface area contributed by atoms with E-state index in [-0.39, 0.29) is 0 Å². The summed E-state index contributed by atoms with van der Waals surface area (Å²) in [5.41, 5.74) is 3.26. The van der Waals surface area contributed by atoms with Crippen LogP contribution in [0.1, 0.15) is 13.3 Å². The van der Waals surface area contributed by atoms with Crippen molar-refractivity contribution in [3.05, 3.63) is 89.6 Å². The van der Waals surface area contributed by atoms with Gasteiger partial charge in [-0.15, -0.1) is 11.3 Å². The third-order valence-electron chi connectivity index (χ3n) is 5.87. The lowest BCUT2D eigenvalue weighted by molar-refractivity contribution is 0.340. The van der Waals surface area contributed by atoms with Gasteiger partial charge in [0.1, 0.15) is 11.5 Å². The predicted molar refractivity (Wildman–Crippen MR) is 141 cm³/mol. The number of aromatic nitrogens is 3. The van der Waals surface area contributed by atoms with Crippen LogP contribution in [-0.4, -0.2) is 27.8 Å². The Labute approximate surface area is 208 Å². The number of imidazole rings is 1. The number of rotatable bonds is 9. The van der Waals surface area contributed by atoms with Gasteiger partial charge in [0.15, 0.2) is 4.80 Å². The van der Waals surface area contributed by atoms with Crippen molar-refractivity contribution < 1.29 is 9.47 Å². The van der Waals surface area contributed by atoms with Gasteiger partial charge in [-0.2, -0.15) is 0 Å². The maximum atomic E-state index is 5.58. The number of hydrogen-bond acceptors (Lipinski definition) is 5. The molecule has 2 aromatic heterocycles. The van der Waals surface area contributed by atoms with E-state index in [1.807, 2.05) is 56.0 Å². The van der Waals surface area contributed by atoms with Crippen LogP contribution in [0.4, 0.5) is 5.69 Å². The zero-order chi connectivity index (χ0) is 24.0. The fraction of sp³-hybridized carbons (Fsp3) is 0.214. The van der Waals surface area contributed by atoms with Gasteiger partial charge in [0.25, 0.3) is 0 Å². The first-order valence-electron chi connectivity index (χ1n) is 11.7. The first-order valence-corrected chi connectivity index (χ1v) is 12.6. The van der Waals surface area contributed by atoms with Gasteiger partial charge in [0, 0.05) is 30.9 Å². The van der Waals surface area contributed by atoms with Gasteiger partial charge in [-0.05, 0) is 72.1 Å². The molecule has 0 spiro atoms. The molecule has 0 radical (unpaired) electrons. The second-order valence-corrected chi connectivity index (χ2v) is 9.01. The Morgan fingerprint density at radius 1 is 0.943 bits per heavy atom. The molecule has 0 bridgehead atoms. The highest BCUT2D eigenvalue weighted by molar-refractivity contribution is 7.07. The Morgan fingerprint density at radius 2 is 1.74 bits per heavy atom. The Balaban J connectivity index is 1.51. The summed E-state index contributed by atoms with van der Waals surface area (Å²) in [5.74, 6) is 1.73. The number of hydrogen-bond donors (Lipinski definition) is 0. The van der Waals surface area contributed by atoms with Crippen molar-refractivity contribution in [2.75, 3.05) is 13.7 Å².